The fourth-order valence-electron chi connectivity index (χ4n) is 2.12. The van der Waals surface area contributed by atoms with Gasteiger partial charge in [-0.25, -0.2) is 8.42 Å². The smallest absolute Gasteiger partial charge is 0.226 e. The number of carbonyl (C=O) groups is 1. The third kappa shape index (κ3) is 5.47. The number of amides is 1. The van der Waals surface area contributed by atoms with Crippen molar-refractivity contribution in [3.8, 4) is 0 Å². The van der Waals surface area contributed by atoms with Crippen molar-refractivity contribution < 1.29 is 17.7 Å². The number of benzene rings is 1. The van der Waals surface area contributed by atoms with Crippen LogP contribution in [0.4, 0.5) is 5.82 Å². The van der Waals surface area contributed by atoms with Crippen molar-refractivity contribution >= 4 is 21.7 Å². The van der Waals surface area contributed by atoms with E-state index in [9.17, 15) is 13.2 Å². The SMILES string of the molecule is Cc1ccc(CN(CCC(=O)Nc2cc(C)on2)S(C)(=O)=O)cc1. The Hall–Kier alpha value is -2.19. The lowest BCUT2D eigenvalue weighted by Gasteiger charge is -2.19. The molecule has 2 rings (SSSR count). The van der Waals surface area contributed by atoms with Gasteiger partial charge in [-0.1, -0.05) is 35.0 Å². The quantitative estimate of drug-likeness (QED) is 0.824. The number of hydrogen-bond donors (Lipinski definition) is 1. The van der Waals surface area contributed by atoms with Crippen molar-refractivity contribution in [2.45, 2.75) is 26.8 Å². The summed E-state index contributed by atoms with van der Waals surface area (Å²) in [5.41, 5.74) is 1.98. The Morgan fingerprint density at radius 3 is 2.46 bits per heavy atom. The van der Waals surface area contributed by atoms with Crippen LogP contribution < -0.4 is 5.32 Å². The Morgan fingerprint density at radius 1 is 1.25 bits per heavy atom. The highest BCUT2D eigenvalue weighted by atomic mass is 32.2. The number of rotatable bonds is 7. The maximum atomic E-state index is 11.9. The van der Waals surface area contributed by atoms with E-state index in [4.69, 9.17) is 4.52 Å². The molecular weight excluding hydrogens is 330 g/mol. The summed E-state index contributed by atoms with van der Waals surface area (Å²) in [6, 6.07) is 9.21. The zero-order valence-corrected chi connectivity index (χ0v) is 14.8. The molecule has 0 spiro atoms. The molecule has 0 atom stereocenters. The molecule has 2 aromatic rings. The van der Waals surface area contributed by atoms with Gasteiger partial charge in [0.2, 0.25) is 15.9 Å². The molecule has 7 nitrogen and oxygen atoms in total. The molecule has 1 amide bonds. The van der Waals surface area contributed by atoms with Crippen LogP contribution in [-0.2, 0) is 21.4 Å². The molecule has 8 heteroatoms. The minimum Gasteiger partial charge on any atom is -0.360 e. The van der Waals surface area contributed by atoms with Crippen LogP contribution in [0.1, 0.15) is 23.3 Å². The summed E-state index contributed by atoms with van der Waals surface area (Å²) in [5, 5.41) is 6.24. The van der Waals surface area contributed by atoms with E-state index in [0.717, 1.165) is 17.4 Å². The predicted molar refractivity (Wildman–Crippen MR) is 90.9 cm³/mol. The Labute approximate surface area is 141 Å². The van der Waals surface area contributed by atoms with Gasteiger partial charge in [-0.05, 0) is 19.4 Å². The molecule has 0 bridgehead atoms. The van der Waals surface area contributed by atoms with Crippen LogP contribution >= 0.6 is 0 Å². The number of nitrogens with one attached hydrogen (secondary N) is 1. The molecule has 130 valence electrons. The van der Waals surface area contributed by atoms with Gasteiger partial charge in [0.25, 0.3) is 0 Å². The molecule has 0 fully saturated rings. The number of hydrogen-bond acceptors (Lipinski definition) is 5. The highest BCUT2D eigenvalue weighted by Crippen LogP contribution is 2.12. The fraction of sp³-hybridized carbons (Fsp3) is 0.375. The fourth-order valence-corrected chi connectivity index (χ4v) is 2.92. The standard InChI is InChI=1S/C16H21N3O4S/c1-12-4-6-14(7-5-12)11-19(24(3,21)22)9-8-16(20)17-15-10-13(2)23-18-15/h4-7,10H,8-9,11H2,1-3H3,(H,17,18,20). The van der Waals surface area contributed by atoms with Crippen molar-refractivity contribution in [1.29, 1.82) is 0 Å². The molecule has 0 saturated heterocycles. The Kier molecular flexibility index (Phi) is 5.74. The van der Waals surface area contributed by atoms with Crippen molar-refractivity contribution in [2.75, 3.05) is 18.1 Å². The Bertz CT molecular complexity index is 797. The second-order valence-corrected chi connectivity index (χ2v) is 7.69. The summed E-state index contributed by atoms with van der Waals surface area (Å²) in [4.78, 5) is 11.9. The van der Waals surface area contributed by atoms with Crippen molar-refractivity contribution in [2.24, 2.45) is 0 Å². The lowest BCUT2D eigenvalue weighted by Crippen LogP contribution is -2.32. The van der Waals surface area contributed by atoms with Gasteiger partial charge in [0.1, 0.15) is 5.76 Å². The molecule has 0 aliphatic heterocycles. The topological polar surface area (TPSA) is 92.5 Å². The number of anilines is 1. The zero-order chi connectivity index (χ0) is 17.7. The van der Waals surface area contributed by atoms with E-state index < -0.39 is 10.0 Å². The first-order valence-corrected chi connectivity index (χ1v) is 9.33. The monoisotopic (exact) mass is 351 g/mol. The molecule has 0 radical (unpaired) electrons. The highest BCUT2D eigenvalue weighted by molar-refractivity contribution is 7.88. The van der Waals surface area contributed by atoms with Crippen molar-refractivity contribution in [1.82, 2.24) is 9.46 Å². The normalized spacial score (nSPS) is 11.7. The van der Waals surface area contributed by atoms with E-state index in [2.05, 4.69) is 10.5 Å². The van der Waals surface area contributed by atoms with Gasteiger partial charge in [0.05, 0.1) is 6.26 Å². The molecule has 1 aromatic heterocycles. The average Bonchev–Trinajstić information content (AvgIpc) is 2.89. The number of carbonyl (C=O) groups excluding carboxylic acids is 1. The van der Waals surface area contributed by atoms with E-state index in [1.54, 1.807) is 13.0 Å². The summed E-state index contributed by atoms with van der Waals surface area (Å²) < 4.78 is 30.0. The van der Waals surface area contributed by atoms with E-state index in [1.807, 2.05) is 31.2 Å². The van der Waals surface area contributed by atoms with Gasteiger partial charge in [0, 0.05) is 25.6 Å². The molecule has 1 aromatic carbocycles. The number of aromatic nitrogens is 1. The van der Waals surface area contributed by atoms with Gasteiger partial charge >= 0.3 is 0 Å². The van der Waals surface area contributed by atoms with Crippen molar-refractivity contribution in [3.05, 3.63) is 47.2 Å². The summed E-state index contributed by atoms with van der Waals surface area (Å²) in [6.07, 6.45) is 1.17. The molecular formula is C16H21N3O4S. The maximum absolute atomic E-state index is 11.9. The van der Waals surface area contributed by atoms with Crippen LogP contribution in [0, 0.1) is 13.8 Å². The molecule has 0 aliphatic rings. The van der Waals surface area contributed by atoms with E-state index in [0.29, 0.717) is 11.6 Å². The van der Waals surface area contributed by atoms with E-state index in [1.165, 1.54) is 4.31 Å². The van der Waals surface area contributed by atoms with E-state index >= 15 is 0 Å². The molecule has 0 aliphatic carbocycles. The van der Waals surface area contributed by atoms with E-state index in [-0.39, 0.29) is 25.4 Å². The Morgan fingerprint density at radius 2 is 1.92 bits per heavy atom. The van der Waals surface area contributed by atoms with Crippen LogP contribution in [0.15, 0.2) is 34.9 Å². The zero-order valence-electron chi connectivity index (χ0n) is 13.9. The minimum absolute atomic E-state index is 0.0326. The minimum atomic E-state index is -3.42. The maximum Gasteiger partial charge on any atom is 0.226 e. The summed E-state index contributed by atoms with van der Waals surface area (Å²) in [5.74, 6) is 0.588. The number of nitrogens with zero attached hydrogens (tertiary/aromatic N) is 2. The predicted octanol–water partition coefficient (Wildman–Crippen LogP) is 2.08. The van der Waals surface area contributed by atoms with Crippen LogP contribution in [0.3, 0.4) is 0 Å². The molecule has 0 unspecified atom stereocenters. The van der Waals surface area contributed by atoms with Crippen molar-refractivity contribution in [3.63, 3.8) is 0 Å². The third-order valence-corrected chi connectivity index (χ3v) is 4.68. The van der Waals surface area contributed by atoms with Crippen LogP contribution in [-0.4, -0.2) is 36.6 Å². The highest BCUT2D eigenvalue weighted by Gasteiger charge is 2.18. The first-order valence-electron chi connectivity index (χ1n) is 7.48. The summed E-state index contributed by atoms with van der Waals surface area (Å²) in [6.45, 7) is 4.01. The van der Waals surface area contributed by atoms with Crippen LogP contribution in [0.25, 0.3) is 0 Å². The lowest BCUT2D eigenvalue weighted by molar-refractivity contribution is -0.116. The summed E-state index contributed by atoms with van der Waals surface area (Å²) in [7, 11) is -3.42. The first kappa shape index (κ1) is 18.2. The largest absolute Gasteiger partial charge is 0.360 e. The number of aryl methyl sites for hydroxylation is 2. The molecule has 1 heterocycles. The van der Waals surface area contributed by atoms with Crippen LogP contribution in [0.5, 0.6) is 0 Å². The lowest BCUT2D eigenvalue weighted by atomic mass is 10.1. The third-order valence-electron chi connectivity index (χ3n) is 3.43. The van der Waals surface area contributed by atoms with Gasteiger partial charge in [-0.3, -0.25) is 4.79 Å². The molecule has 1 N–H and O–H groups in total. The molecule has 0 saturated carbocycles. The molecule has 24 heavy (non-hydrogen) atoms. The first-order chi connectivity index (χ1) is 11.2. The summed E-state index contributed by atoms with van der Waals surface area (Å²) >= 11 is 0. The average molecular weight is 351 g/mol. The second kappa shape index (κ2) is 7.59. The second-order valence-electron chi connectivity index (χ2n) is 5.70. The van der Waals surface area contributed by atoms with Gasteiger partial charge in [-0.15, -0.1) is 0 Å². The van der Waals surface area contributed by atoms with Gasteiger partial charge < -0.3 is 9.84 Å². The number of sulfonamides is 1. The Balaban J connectivity index is 1.96. The van der Waals surface area contributed by atoms with Gasteiger partial charge in [0.15, 0.2) is 5.82 Å². The van der Waals surface area contributed by atoms with Crippen LogP contribution in [0.2, 0.25) is 0 Å². The van der Waals surface area contributed by atoms with Gasteiger partial charge in [-0.2, -0.15) is 4.31 Å².